The first kappa shape index (κ1) is 15.0. The van der Waals surface area contributed by atoms with Crippen LogP contribution in [0.1, 0.15) is 31.0 Å². The van der Waals surface area contributed by atoms with Crippen LogP contribution in [0.5, 0.6) is 0 Å². The Labute approximate surface area is 132 Å². The lowest BCUT2D eigenvalue weighted by molar-refractivity contribution is 0.584. The van der Waals surface area contributed by atoms with Crippen molar-refractivity contribution in [2.24, 2.45) is 0 Å². The van der Waals surface area contributed by atoms with Crippen LogP contribution in [0, 0.1) is 6.92 Å². The Hall–Kier alpha value is -1.94. The molecule has 1 aromatic heterocycles. The molecule has 0 atom stereocenters. The Bertz CT molecular complexity index is 628. The Kier molecular flexibility index (Phi) is 4.39. The fraction of sp³-hybridized carbons (Fsp3) is 0.444. The van der Waals surface area contributed by atoms with E-state index in [4.69, 9.17) is 9.97 Å². The number of hydrogen-bond donors (Lipinski definition) is 1. The average molecular weight is 296 g/mol. The summed E-state index contributed by atoms with van der Waals surface area (Å²) in [6.45, 7) is 10.5. The van der Waals surface area contributed by atoms with E-state index < -0.39 is 0 Å². The third-order valence-electron chi connectivity index (χ3n) is 4.07. The molecule has 0 bridgehead atoms. The van der Waals surface area contributed by atoms with Gasteiger partial charge in [-0.25, -0.2) is 9.97 Å². The third kappa shape index (κ3) is 3.28. The minimum absolute atomic E-state index is 0.397. The summed E-state index contributed by atoms with van der Waals surface area (Å²) in [6.07, 6.45) is 0. The highest BCUT2D eigenvalue weighted by Crippen LogP contribution is 2.24. The highest BCUT2D eigenvalue weighted by atomic mass is 15.2. The summed E-state index contributed by atoms with van der Waals surface area (Å²) in [4.78, 5) is 11.9. The van der Waals surface area contributed by atoms with Gasteiger partial charge in [0, 0.05) is 43.5 Å². The molecule has 1 aliphatic rings. The molecule has 0 unspecified atom stereocenters. The van der Waals surface area contributed by atoms with E-state index in [1.165, 1.54) is 5.56 Å². The van der Waals surface area contributed by atoms with E-state index in [0.717, 1.165) is 49.1 Å². The van der Waals surface area contributed by atoms with Gasteiger partial charge in [0.2, 0.25) is 0 Å². The first-order valence-electron chi connectivity index (χ1n) is 8.05. The quantitative estimate of drug-likeness (QED) is 0.945. The van der Waals surface area contributed by atoms with Gasteiger partial charge in [-0.05, 0) is 12.8 Å². The zero-order valence-corrected chi connectivity index (χ0v) is 13.6. The molecule has 1 saturated heterocycles. The smallest absolute Gasteiger partial charge is 0.161 e. The fourth-order valence-electron chi connectivity index (χ4n) is 2.64. The zero-order valence-electron chi connectivity index (χ0n) is 13.6. The molecular formula is C18H24N4. The molecule has 116 valence electrons. The molecule has 0 saturated carbocycles. The number of aromatic nitrogens is 2. The van der Waals surface area contributed by atoms with Crippen LogP contribution >= 0.6 is 0 Å². The minimum atomic E-state index is 0.397. The second-order valence-electron chi connectivity index (χ2n) is 6.23. The van der Waals surface area contributed by atoms with E-state index in [-0.39, 0.29) is 0 Å². The number of hydrogen-bond acceptors (Lipinski definition) is 4. The van der Waals surface area contributed by atoms with Crippen molar-refractivity contribution >= 4 is 5.82 Å². The lowest BCUT2D eigenvalue weighted by atomic mass is 10.1. The van der Waals surface area contributed by atoms with Crippen LogP contribution in [0.2, 0.25) is 0 Å². The van der Waals surface area contributed by atoms with Crippen molar-refractivity contribution in [3.63, 3.8) is 0 Å². The Morgan fingerprint density at radius 1 is 1.05 bits per heavy atom. The standard InChI is InChI=1S/C18H24N4/c1-13(2)16-12-17(22-10-8-19-9-11-22)21-18(20-16)15-6-4-14(3)5-7-15/h4-7,12-13,19H,8-11H2,1-3H3. The van der Waals surface area contributed by atoms with Gasteiger partial charge in [-0.3, -0.25) is 0 Å². The molecule has 0 aliphatic carbocycles. The lowest BCUT2D eigenvalue weighted by Crippen LogP contribution is -2.44. The van der Waals surface area contributed by atoms with E-state index in [0.29, 0.717) is 5.92 Å². The molecule has 0 radical (unpaired) electrons. The Morgan fingerprint density at radius 3 is 2.36 bits per heavy atom. The number of aryl methyl sites for hydroxylation is 1. The number of benzene rings is 1. The predicted octanol–water partition coefficient (Wildman–Crippen LogP) is 2.99. The SMILES string of the molecule is Cc1ccc(-c2nc(C(C)C)cc(N3CCNCC3)n2)cc1. The molecule has 0 amide bonds. The van der Waals surface area contributed by atoms with Crippen LogP contribution in [-0.4, -0.2) is 36.1 Å². The largest absolute Gasteiger partial charge is 0.354 e. The number of anilines is 1. The van der Waals surface area contributed by atoms with E-state index in [1.807, 2.05) is 0 Å². The van der Waals surface area contributed by atoms with Gasteiger partial charge in [0.05, 0.1) is 0 Å². The van der Waals surface area contributed by atoms with Gasteiger partial charge in [-0.15, -0.1) is 0 Å². The number of rotatable bonds is 3. The topological polar surface area (TPSA) is 41.1 Å². The summed E-state index contributed by atoms with van der Waals surface area (Å²) >= 11 is 0. The number of nitrogens with zero attached hydrogens (tertiary/aromatic N) is 3. The third-order valence-corrected chi connectivity index (χ3v) is 4.07. The Balaban J connectivity index is 2.01. The van der Waals surface area contributed by atoms with E-state index >= 15 is 0 Å². The van der Waals surface area contributed by atoms with E-state index in [2.05, 4.69) is 61.3 Å². The molecule has 0 spiro atoms. The summed E-state index contributed by atoms with van der Waals surface area (Å²) in [5.74, 6) is 2.28. The van der Waals surface area contributed by atoms with Crippen molar-refractivity contribution in [1.29, 1.82) is 0 Å². The van der Waals surface area contributed by atoms with Crippen molar-refractivity contribution < 1.29 is 0 Å². The first-order chi connectivity index (χ1) is 10.6. The molecule has 1 fully saturated rings. The molecule has 1 aromatic carbocycles. The first-order valence-corrected chi connectivity index (χ1v) is 8.05. The van der Waals surface area contributed by atoms with Crippen molar-refractivity contribution in [1.82, 2.24) is 15.3 Å². The number of nitrogens with one attached hydrogen (secondary N) is 1. The highest BCUT2D eigenvalue weighted by Gasteiger charge is 2.16. The Morgan fingerprint density at radius 2 is 1.73 bits per heavy atom. The van der Waals surface area contributed by atoms with E-state index in [9.17, 15) is 0 Å². The maximum atomic E-state index is 4.83. The fourth-order valence-corrected chi connectivity index (χ4v) is 2.64. The normalized spacial score (nSPS) is 15.4. The highest BCUT2D eigenvalue weighted by molar-refractivity contribution is 5.58. The van der Waals surface area contributed by atoms with Gasteiger partial charge in [-0.2, -0.15) is 0 Å². The molecule has 2 heterocycles. The molecule has 3 rings (SSSR count). The van der Waals surface area contributed by atoms with Gasteiger partial charge in [-0.1, -0.05) is 43.7 Å². The van der Waals surface area contributed by atoms with Crippen LogP contribution < -0.4 is 10.2 Å². The van der Waals surface area contributed by atoms with Gasteiger partial charge >= 0.3 is 0 Å². The summed E-state index contributed by atoms with van der Waals surface area (Å²) < 4.78 is 0. The summed E-state index contributed by atoms with van der Waals surface area (Å²) in [5, 5.41) is 3.39. The van der Waals surface area contributed by atoms with Crippen molar-refractivity contribution in [3.05, 3.63) is 41.6 Å². The van der Waals surface area contributed by atoms with Crippen LogP contribution in [0.4, 0.5) is 5.82 Å². The molecule has 22 heavy (non-hydrogen) atoms. The monoisotopic (exact) mass is 296 g/mol. The van der Waals surface area contributed by atoms with Crippen molar-refractivity contribution in [2.75, 3.05) is 31.1 Å². The maximum absolute atomic E-state index is 4.83. The molecule has 4 heteroatoms. The number of piperazine rings is 1. The van der Waals surface area contributed by atoms with Crippen LogP contribution in [0.15, 0.2) is 30.3 Å². The van der Waals surface area contributed by atoms with Crippen molar-refractivity contribution in [2.45, 2.75) is 26.7 Å². The summed E-state index contributed by atoms with van der Waals surface area (Å²) in [5.41, 5.74) is 3.45. The van der Waals surface area contributed by atoms with Gasteiger partial charge in [0.15, 0.2) is 5.82 Å². The second kappa shape index (κ2) is 6.44. The van der Waals surface area contributed by atoms with Gasteiger partial charge in [0.25, 0.3) is 0 Å². The van der Waals surface area contributed by atoms with Gasteiger partial charge in [0.1, 0.15) is 5.82 Å². The molecule has 1 aliphatic heterocycles. The van der Waals surface area contributed by atoms with Gasteiger partial charge < -0.3 is 10.2 Å². The second-order valence-corrected chi connectivity index (χ2v) is 6.23. The molecular weight excluding hydrogens is 272 g/mol. The molecule has 2 aromatic rings. The predicted molar refractivity (Wildman–Crippen MR) is 91.4 cm³/mol. The van der Waals surface area contributed by atoms with Crippen LogP contribution in [0.3, 0.4) is 0 Å². The minimum Gasteiger partial charge on any atom is -0.354 e. The maximum Gasteiger partial charge on any atom is 0.161 e. The van der Waals surface area contributed by atoms with E-state index in [1.54, 1.807) is 0 Å². The molecule has 1 N–H and O–H groups in total. The van der Waals surface area contributed by atoms with Crippen LogP contribution in [0.25, 0.3) is 11.4 Å². The summed E-state index contributed by atoms with van der Waals surface area (Å²) in [6, 6.07) is 10.6. The summed E-state index contributed by atoms with van der Waals surface area (Å²) in [7, 11) is 0. The molecule has 4 nitrogen and oxygen atoms in total. The van der Waals surface area contributed by atoms with Crippen LogP contribution in [-0.2, 0) is 0 Å². The lowest BCUT2D eigenvalue weighted by Gasteiger charge is -2.29. The zero-order chi connectivity index (χ0) is 15.5. The average Bonchev–Trinajstić information content (AvgIpc) is 2.56. The van der Waals surface area contributed by atoms with Crippen molar-refractivity contribution in [3.8, 4) is 11.4 Å².